The van der Waals surface area contributed by atoms with Gasteiger partial charge in [0.2, 0.25) is 0 Å². The summed E-state index contributed by atoms with van der Waals surface area (Å²) in [6, 6.07) is 5.43. The third-order valence-corrected chi connectivity index (χ3v) is 5.36. The van der Waals surface area contributed by atoms with Crippen molar-refractivity contribution in [1.29, 1.82) is 0 Å². The molecule has 1 heterocycles. The molecular formula is C17H21NO5S. The van der Waals surface area contributed by atoms with Crippen molar-refractivity contribution in [3.63, 3.8) is 0 Å². The van der Waals surface area contributed by atoms with Gasteiger partial charge in [0.15, 0.2) is 0 Å². The van der Waals surface area contributed by atoms with Crippen molar-refractivity contribution in [2.24, 2.45) is 0 Å². The number of carbonyl (C=O) groups excluding carboxylic acids is 1. The molecule has 0 saturated carbocycles. The van der Waals surface area contributed by atoms with Crippen LogP contribution in [-0.4, -0.2) is 47.2 Å². The molecule has 0 aliphatic carbocycles. The number of ether oxygens (including phenoxy) is 2. The molecule has 0 spiro atoms. The number of carboxylic acids is 1. The Hall–Kier alpha value is -2.15. The zero-order chi connectivity index (χ0) is 17.9. The van der Waals surface area contributed by atoms with Crippen molar-refractivity contribution >= 4 is 23.6 Å². The Kier molecular flexibility index (Phi) is 5.77. The smallest absolute Gasteiger partial charge is 0.313 e. The van der Waals surface area contributed by atoms with Crippen LogP contribution in [0, 0.1) is 0 Å². The molecule has 1 amide bonds. The molecule has 6 nitrogen and oxygen atoms in total. The van der Waals surface area contributed by atoms with Crippen molar-refractivity contribution in [3.05, 3.63) is 34.9 Å². The van der Waals surface area contributed by atoms with E-state index in [9.17, 15) is 9.59 Å². The highest BCUT2D eigenvalue weighted by molar-refractivity contribution is 8.00. The zero-order valence-electron chi connectivity index (χ0n) is 14.2. The lowest BCUT2D eigenvalue weighted by Gasteiger charge is -2.26. The van der Waals surface area contributed by atoms with Crippen molar-refractivity contribution in [3.8, 4) is 11.5 Å². The minimum atomic E-state index is -0.896. The van der Waals surface area contributed by atoms with Gasteiger partial charge in [0.1, 0.15) is 16.9 Å². The van der Waals surface area contributed by atoms with Gasteiger partial charge in [0, 0.05) is 17.2 Å². The molecular weight excluding hydrogens is 330 g/mol. The molecule has 1 aliphatic rings. The Bertz CT molecular complexity index is 686. The second kappa shape index (κ2) is 7.61. The average Bonchev–Trinajstić information content (AvgIpc) is 2.77. The molecule has 2 rings (SSSR count). The van der Waals surface area contributed by atoms with Crippen molar-refractivity contribution in [1.82, 2.24) is 4.90 Å². The van der Waals surface area contributed by atoms with Gasteiger partial charge in [-0.15, -0.1) is 11.8 Å². The van der Waals surface area contributed by atoms with E-state index >= 15 is 0 Å². The third kappa shape index (κ3) is 3.67. The fraction of sp³-hybridized carbons (Fsp3) is 0.412. The highest BCUT2D eigenvalue weighted by Crippen LogP contribution is 2.36. The van der Waals surface area contributed by atoms with Gasteiger partial charge in [-0.3, -0.25) is 9.59 Å². The fourth-order valence-electron chi connectivity index (χ4n) is 2.60. The lowest BCUT2D eigenvalue weighted by atomic mass is 10.1. The van der Waals surface area contributed by atoms with Gasteiger partial charge < -0.3 is 19.5 Å². The Labute approximate surface area is 145 Å². The first-order valence-corrected chi connectivity index (χ1v) is 8.46. The standard InChI is InChI=1S/C17H21NO5S/c1-10-11(2)17(24-9-15(19)20)18(16(10)21)8-12-5-6-13(22-3)7-14(12)23-4/h5-7,17H,8-9H2,1-4H3,(H,19,20). The lowest BCUT2D eigenvalue weighted by Crippen LogP contribution is -2.33. The van der Waals surface area contributed by atoms with E-state index in [2.05, 4.69) is 0 Å². The zero-order valence-corrected chi connectivity index (χ0v) is 15.0. The maximum atomic E-state index is 12.5. The van der Waals surface area contributed by atoms with Crippen molar-refractivity contribution < 1.29 is 24.2 Å². The topological polar surface area (TPSA) is 76.1 Å². The maximum Gasteiger partial charge on any atom is 0.313 e. The summed E-state index contributed by atoms with van der Waals surface area (Å²) in [5.41, 5.74) is 2.42. The van der Waals surface area contributed by atoms with Crippen LogP contribution in [0.4, 0.5) is 0 Å². The predicted octanol–water partition coefficient (Wildman–Crippen LogP) is 2.53. The number of amides is 1. The number of hydrogen-bond acceptors (Lipinski definition) is 5. The van der Waals surface area contributed by atoms with E-state index in [1.807, 2.05) is 19.1 Å². The van der Waals surface area contributed by atoms with Crippen LogP contribution < -0.4 is 9.47 Å². The normalized spacial score (nSPS) is 17.4. The van der Waals surface area contributed by atoms with Crippen LogP contribution >= 0.6 is 11.8 Å². The molecule has 1 aromatic rings. The molecule has 0 radical (unpaired) electrons. The monoisotopic (exact) mass is 351 g/mol. The van der Waals surface area contributed by atoms with Crippen LogP contribution in [0.5, 0.6) is 11.5 Å². The largest absolute Gasteiger partial charge is 0.497 e. The van der Waals surface area contributed by atoms with E-state index < -0.39 is 5.97 Å². The Balaban J connectivity index is 2.26. The second-order valence-electron chi connectivity index (χ2n) is 5.48. The number of carbonyl (C=O) groups is 2. The summed E-state index contributed by atoms with van der Waals surface area (Å²) < 4.78 is 10.6. The lowest BCUT2D eigenvalue weighted by molar-refractivity contribution is -0.134. The summed E-state index contributed by atoms with van der Waals surface area (Å²) in [5.74, 6) is 0.274. The van der Waals surface area contributed by atoms with Crippen LogP contribution in [0.3, 0.4) is 0 Å². The molecule has 0 fully saturated rings. The van der Waals surface area contributed by atoms with Crippen LogP contribution in [0.1, 0.15) is 19.4 Å². The van der Waals surface area contributed by atoms with E-state index in [4.69, 9.17) is 14.6 Å². The molecule has 1 aliphatic heterocycles. The number of benzene rings is 1. The molecule has 0 aromatic heterocycles. The number of nitrogens with zero attached hydrogens (tertiary/aromatic N) is 1. The number of aliphatic carboxylic acids is 1. The first-order valence-electron chi connectivity index (χ1n) is 7.41. The first-order chi connectivity index (χ1) is 11.4. The van der Waals surface area contributed by atoms with Gasteiger partial charge in [-0.1, -0.05) is 0 Å². The van der Waals surface area contributed by atoms with Gasteiger partial charge in [-0.2, -0.15) is 0 Å². The second-order valence-corrected chi connectivity index (χ2v) is 6.54. The summed E-state index contributed by atoms with van der Waals surface area (Å²) >= 11 is 1.24. The predicted molar refractivity (Wildman–Crippen MR) is 92.4 cm³/mol. The number of carboxylic acid groups (broad SMARTS) is 1. The molecule has 1 aromatic carbocycles. The number of rotatable bonds is 7. The molecule has 1 unspecified atom stereocenters. The molecule has 1 atom stereocenters. The van der Waals surface area contributed by atoms with Crippen LogP contribution in [0.25, 0.3) is 0 Å². The highest BCUT2D eigenvalue weighted by atomic mass is 32.2. The van der Waals surface area contributed by atoms with E-state index in [0.29, 0.717) is 23.6 Å². The average molecular weight is 351 g/mol. The highest BCUT2D eigenvalue weighted by Gasteiger charge is 2.35. The van der Waals surface area contributed by atoms with Gasteiger partial charge in [-0.25, -0.2) is 0 Å². The summed E-state index contributed by atoms with van der Waals surface area (Å²) in [7, 11) is 3.14. The summed E-state index contributed by atoms with van der Waals surface area (Å²) in [6.45, 7) is 3.99. The number of hydrogen-bond donors (Lipinski definition) is 1. The molecule has 7 heteroatoms. The SMILES string of the molecule is COc1ccc(CN2C(=O)C(C)=C(C)C2SCC(=O)O)c(OC)c1. The van der Waals surface area contributed by atoms with Crippen molar-refractivity contribution in [2.75, 3.05) is 20.0 Å². The van der Waals surface area contributed by atoms with Crippen molar-refractivity contribution in [2.45, 2.75) is 25.8 Å². The number of methoxy groups -OCH3 is 2. The summed E-state index contributed by atoms with van der Waals surface area (Å²) in [4.78, 5) is 25.1. The fourth-order valence-corrected chi connectivity index (χ4v) is 3.67. The molecule has 0 bridgehead atoms. The minimum Gasteiger partial charge on any atom is -0.497 e. The van der Waals surface area contributed by atoms with E-state index in [-0.39, 0.29) is 17.0 Å². The molecule has 1 N–H and O–H groups in total. The first kappa shape index (κ1) is 18.2. The molecule has 0 saturated heterocycles. The maximum absolute atomic E-state index is 12.5. The van der Waals surface area contributed by atoms with Crippen LogP contribution in [0.2, 0.25) is 0 Å². The Morgan fingerprint density at radius 1 is 1.29 bits per heavy atom. The van der Waals surface area contributed by atoms with Crippen LogP contribution in [-0.2, 0) is 16.1 Å². The van der Waals surface area contributed by atoms with Gasteiger partial charge in [-0.05, 0) is 31.6 Å². The minimum absolute atomic E-state index is 0.0567. The van der Waals surface area contributed by atoms with E-state index in [0.717, 1.165) is 11.1 Å². The van der Waals surface area contributed by atoms with Crippen LogP contribution in [0.15, 0.2) is 29.3 Å². The van der Waals surface area contributed by atoms with Gasteiger partial charge in [0.05, 0.1) is 26.5 Å². The van der Waals surface area contributed by atoms with Gasteiger partial charge >= 0.3 is 5.97 Å². The quantitative estimate of drug-likeness (QED) is 0.813. The number of thioether (sulfide) groups is 1. The summed E-state index contributed by atoms with van der Waals surface area (Å²) in [5, 5.41) is 8.66. The van der Waals surface area contributed by atoms with E-state index in [1.54, 1.807) is 32.1 Å². The van der Waals surface area contributed by atoms with Gasteiger partial charge in [0.25, 0.3) is 5.91 Å². The molecule has 130 valence electrons. The Morgan fingerprint density at radius 2 is 2.00 bits per heavy atom. The summed E-state index contributed by atoms with van der Waals surface area (Å²) in [6.07, 6.45) is 0. The molecule has 24 heavy (non-hydrogen) atoms. The third-order valence-electron chi connectivity index (χ3n) is 4.03. The van der Waals surface area contributed by atoms with E-state index in [1.165, 1.54) is 11.8 Å². The Morgan fingerprint density at radius 3 is 2.58 bits per heavy atom.